The molecule has 38 heavy (non-hydrogen) atoms. The minimum atomic E-state index is -4.69. The molecule has 0 fully saturated rings. The second-order valence-electron chi connectivity index (χ2n) is 8.37. The third-order valence-corrected chi connectivity index (χ3v) is 6.96. The van der Waals surface area contributed by atoms with Gasteiger partial charge < -0.3 is 45.1 Å². The quantitative estimate of drug-likeness (QED) is 0.104. The Labute approximate surface area is 231 Å². The number of rotatable bonds is 14. The number of hydrogen-bond donors (Lipinski definition) is 9. The first-order valence-corrected chi connectivity index (χ1v) is 14.3. The van der Waals surface area contributed by atoms with Gasteiger partial charge in [0.1, 0.15) is 24.1 Å². The van der Waals surface area contributed by atoms with Crippen molar-refractivity contribution >= 4 is 15.2 Å². The van der Waals surface area contributed by atoms with E-state index in [0.29, 0.717) is 0 Å². The summed E-state index contributed by atoms with van der Waals surface area (Å²) in [6, 6.07) is 7.90. The number of phenols is 2. The van der Waals surface area contributed by atoms with Crippen LogP contribution in [0.5, 0.6) is 11.5 Å². The second-order valence-corrected chi connectivity index (χ2v) is 11.6. The van der Waals surface area contributed by atoms with Gasteiger partial charge in [0.05, 0.1) is 19.8 Å². The van der Waals surface area contributed by atoms with Gasteiger partial charge in [-0.3, -0.25) is 18.9 Å². The van der Waals surface area contributed by atoms with Gasteiger partial charge in [0, 0.05) is 47.9 Å². The Kier molecular flexibility index (Phi) is 15.5. The van der Waals surface area contributed by atoms with E-state index in [9.17, 15) is 54.2 Å². The van der Waals surface area contributed by atoms with Gasteiger partial charge in [-0.2, -0.15) is 0 Å². The smallest absolute Gasteiger partial charge is 0.507 e. The van der Waals surface area contributed by atoms with Gasteiger partial charge in [0.25, 0.3) is 0 Å². The number of aliphatic hydroxyl groups excluding tert-OH is 3. The van der Waals surface area contributed by atoms with Crippen molar-refractivity contribution in [1.82, 2.24) is 9.80 Å². The molecule has 9 N–H and O–H groups in total. The molecule has 2 rings (SSSR count). The zero-order valence-electron chi connectivity index (χ0n) is 19.7. The van der Waals surface area contributed by atoms with Crippen molar-refractivity contribution in [2.24, 2.45) is 0 Å². The Bertz CT molecular complexity index is 1110. The summed E-state index contributed by atoms with van der Waals surface area (Å²) in [5.74, 6) is -0.556. The fraction of sp³-hybridized carbons (Fsp3) is 0.455. The van der Waals surface area contributed by atoms with Crippen LogP contribution in [0.2, 0.25) is 0 Å². The second kappa shape index (κ2) is 16.1. The molecular weight excluding hydrogens is 586 g/mol. The number of para-hydroxylation sites is 2. The van der Waals surface area contributed by atoms with Crippen LogP contribution in [0.15, 0.2) is 36.4 Å². The molecule has 0 aliphatic rings. The molecule has 0 bridgehead atoms. The Morgan fingerprint density at radius 1 is 0.711 bits per heavy atom. The van der Waals surface area contributed by atoms with Crippen molar-refractivity contribution in [3.05, 3.63) is 58.7 Å². The van der Waals surface area contributed by atoms with Gasteiger partial charge in [0.15, 0.2) is 0 Å². The van der Waals surface area contributed by atoms with E-state index in [4.69, 9.17) is 0 Å². The zero-order chi connectivity index (χ0) is 27.1. The summed E-state index contributed by atoms with van der Waals surface area (Å²) in [5.41, 5.74) is 0.834. The standard InChI is InChI=1S/C21H32N2O11P2.CH4.Fe/c24-10-17-5-1-3-15(20(17)27)7-22(13-35(29,30)31)9-19(12-26)23(14-36(32,33)34)8-16-4-2-6-18(11-25)21(16)28;;/h1-6,19,24-28H,7-14H2,(H2,29,30,31)(H2,32,33,34);1H4;/q;;+2. The molecule has 13 nitrogen and oxygen atoms in total. The summed E-state index contributed by atoms with van der Waals surface area (Å²) in [7, 11) is -9.33. The Morgan fingerprint density at radius 3 is 1.53 bits per heavy atom. The monoisotopic (exact) mass is 622 g/mol. The number of aromatic hydroxyl groups is 2. The molecule has 16 heteroatoms. The topological polar surface area (TPSA) is 223 Å². The third kappa shape index (κ3) is 11.4. The van der Waals surface area contributed by atoms with E-state index >= 15 is 0 Å². The molecule has 0 saturated heterocycles. The van der Waals surface area contributed by atoms with E-state index in [1.807, 2.05) is 0 Å². The van der Waals surface area contributed by atoms with Crippen LogP contribution in [0.4, 0.5) is 0 Å². The van der Waals surface area contributed by atoms with Crippen LogP contribution in [0.3, 0.4) is 0 Å². The zero-order valence-corrected chi connectivity index (χ0v) is 22.6. The van der Waals surface area contributed by atoms with Gasteiger partial charge in [-0.05, 0) is 0 Å². The molecule has 0 amide bonds. The van der Waals surface area contributed by atoms with Gasteiger partial charge in [-0.1, -0.05) is 43.8 Å². The average molecular weight is 622 g/mol. The number of nitrogens with zero attached hydrogens (tertiary/aromatic N) is 2. The fourth-order valence-corrected chi connectivity index (χ4v) is 5.35. The first-order valence-electron chi connectivity index (χ1n) is 10.8. The molecule has 0 aliphatic heterocycles. The maximum Gasteiger partial charge on any atom is 2.00 e. The van der Waals surface area contributed by atoms with Crippen LogP contribution in [-0.4, -0.2) is 86.7 Å². The number of benzene rings is 2. The molecule has 0 radical (unpaired) electrons. The molecule has 0 heterocycles. The van der Waals surface area contributed by atoms with Crippen molar-refractivity contribution < 1.29 is 71.3 Å². The molecule has 2 aromatic rings. The maximum absolute atomic E-state index is 11.9. The Balaban J connectivity index is 0.00000684. The van der Waals surface area contributed by atoms with Gasteiger partial charge >= 0.3 is 32.3 Å². The largest absolute Gasteiger partial charge is 2.00 e. The first kappa shape index (κ1) is 36.7. The van der Waals surface area contributed by atoms with Crippen molar-refractivity contribution in [1.29, 1.82) is 0 Å². The molecule has 0 aliphatic carbocycles. The summed E-state index contributed by atoms with van der Waals surface area (Å²) >= 11 is 0. The van der Waals surface area contributed by atoms with Crippen molar-refractivity contribution in [3.63, 3.8) is 0 Å². The van der Waals surface area contributed by atoms with Crippen LogP contribution in [0.1, 0.15) is 29.7 Å². The predicted molar refractivity (Wildman–Crippen MR) is 135 cm³/mol. The summed E-state index contributed by atoms with van der Waals surface area (Å²) in [6.07, 6.45) is -1.63. The van der Waals surface area contributed by atoms with Crippen LogP contribution < -0.4 is 0 Å². The van der Waals surface area contributed by atoms with Crippen LogP contribution in [0, 0.1) is 0 Å². The van der Waals surface area contributed by atoms with Crippen molar-refractivity contribution in [2.45, 2.75) is 39.8 Å². The van der Waals surface area contributed by atoms with E-state index in [0.717, 1.165) is 0 Å². The molecule has 1 atom stereocenters. The Morgan fingerprint density at radius 2 is 1.13 bits per heavy atom. The first-order chi connectivity index (χ1) is 16.8. The van der Waals surface area contributed by atoms with E-state index < -0.39 is 53.6 Å². The summed E-state index contributed by atoms with van der Waals surface area (Å²) in [4.78, 5) is 40.8. The maximum atomic E-state index is 11.9. The molecule has 0 spiro atoms. The Hall–Kier alpha value is -1.34. The molecule has 0 aromatic heterocycles. The molecule has 216 valence electrons. The van der Waals surface area contributed by atoms with E-state index in [1.165, 1.54) is 46.2 Å². The summed E-state index contributed by atoms with van der Waals surface area (Å²) in [5, 5.41) is 49.6. The summed E-state index contributed by atoms with van der Waals surface area (Å²) in [6.45, 7) is -2.37. The van der Waals surface area contributed by atoms with E-state index in [1.54, 1.807) is 0 Å². The summed E-state index contributed by atoms with van der Waals surface area (Å²) < 4.78 is 23.7. The third-order valence-electron chi connectivity index (χ3n) is 5.46. The normalized spacial score (nSPS) is 12.8. The number of aliphatic hydroxyl groups is 3. The molecular formula is C22H36FeN2O11P2+2. The van der Waals surface area contributed by atoms with Crippen LogP contribution in [-0.2, 0) is 52.5 Å². The van der Waals surface area contributed by atoms with Gasteiger partial charge in [-0.25, -0.2) is 0 Å². The van der Waals surface area contributed by atoms with Gasteiger partial charge in [-0.15, -0.1) is 0 Å². The number of hydrogen-bond acceptors (Lipinski definition) is 9. The van der Waals surface area contributed by atoms with E-state index in [-0.39, 0.29) is 77.9 Å². The molecule has 1 unspecified atom stereocenters. The van der Waals surface area contributed by atoms with Crippen molar-refractivity contribution in [3.8, 4) is 11.5 Å². The molecule has 2 aromatic carbocycles. The van der Waals surface area contributed by atoms with Crippen LogP contribution >= 0.6 is 15.2 Å². The van der Waals surface area contributed by atoms with Gasteiger partial charge in [0.2, 0.25) is 0 Å². The SMILES string of the molecule is C.O=P(O)(O)CN(Cc1cccc(CO)c1O)CC(CO)N(Cc1cccc(CO)c1O)CP(=O)(O)O.[Fe+2]. The van der Waals surface area contributed by atoms with Crippen molar-refractivity contribution in [2.75, 3.05) is 25.7 Å². The molecule has 0 saturated carbocycles. The minimum Gasteiger partial charge on any atom is -0.507 e. The minimum absolute atomic E-state index is 0. The predicted octanol–water partition coefficient (Wildman–Crippen LogP) is 0.651. The van der Waals surface area contributed by atoms with Crippen LogP contribution in [0.25, 0.3) is 0 Å². The van der Waals surface area contributed by atoms with E-state index in [2.05, 4.69) is 0 Å². The fourth-order valence-electron chi connectivity index (χ4n) is 3.81. The average Bonchev–Trinajstić information content (AvgIpc) is 2.77.